The van der Waals surface area contributed by atoms with Crippen LogP contribution in [0.3, 0.4) is 0 Å². The minimum absolute atomic E-state index is 0.220. The first kappa shape index (κ1) is 12.2. The number of amides is 1. The highest BCUT2D eigenvalue weighted by Gasteiger charge is 2.18. The molecule has 0 bridgehead atoms. The monoisotopic (exact) mass is 311 g/mol. The molecule has 1 rings (SSSR count). The maximum Gasteiger partial charge on any atom is 0.245 e. The van der Waals surface area contributed by atoms with Gasteiger partial charge in [-0.15, -0.1) is 0 Å². The summed E-state index contributed by atoms with van der Waals surface area (Å²) in [5.74, 6) is 0.220. The van der Waals surface area contributed by atoms with Gasteiger partial charge in [-0.3, -0.25) is 12.8 Å². The third-order valence-corrected chi connectivity index (χ3v) is 3.72. The van der Waals surface area contributed by atoms with Crippen molar-refractivity contribution in [1.29, 1.82) is 0 Å². The van der Waals surface area contributed by atoms with E-state index in [0.717, 1.165) is 32.7 Å². The highest BCUT2D eigenvalue weighted by atomic mass is 127. The Labute approximate surface area is 99.7 Å². The fraction of sp³-hybridized carbons (Fsp3) is 0.889. The fourth-order valence-corrected chi connectivity index (χ4v) is 1.60. The van der Waals surface area contributed by atoms with Crippen molar-refractivity contribution in [1.82, 2.24) is 12.9 Å². The van der Waals surface area contributed by atoms with Crippen molar-refractivity contribution in [3.05, 3.63) is 0 Å². The van der Waals surface area contributed by atoms with Crippen molar-refractivity contribution in [3.8, 4) is 0 Å². The first-order chi connectivity index (χ1) is 6.63. The zero-order chi connectivity index (χ0) is 10.6. The number of nitrogens with zero attached hydrogens (tertiary/aromatic N) is 3. The van der Waals surface area contributed by atoms with Gasteiger partial charge in [0.15, 0.2) is 0 Å². The van der Waals surface area contributed by atoms with Crippen LogP contribution in [0.1, 0.15) is 6.92 Å². The molecule has 0 saturated carbocycles. The predicted octanol–water partition coefficient (Wildman–Crippen LogP) is 0.432. The van der Waals surface area contributed by atoms with Crippen molar-refractivity contribution in [3.63, 3.8) is 0 Å². The van der Waals surface area contributed by atoms with Crippen LogP contribution in [0.4, 0.5) is 0 Å². The summed E-state index contributed by atoms with van der Waals surface area (Å²) in [5.41, 5.74) is 0. The number of halogens is 1. The fourth-order valence-electron chi connectivity index (χ4n) is 1.45. The highest BCUT2D eigenvalue weighted by molar-refractivity contribution is 14.1. The molecule has 1 amide bonds. The Hall–Kier alpha value is 0.120. The number of rotatable bonds is 3. The number of likely N-dealkylation sites (N-methyl/N-ethyl adjacent to an activating group) is 2. The molecule has 5 heteroatoms. The number of hydrogen-bond acceptors (Lipinski definition) is 3. The molecule has 4 nitrogen and oxygen atoms in total. The summed E-state index contributed by atoms with van der Waals surface area (Å²) in [6.45, 7) is 7.51. The molecule has 1 aliphatic heterocycles. The van der Waals surface area contributed by atoms with E-state index in [1.54, 1.807) is 3.11 Å². The van der Waals surface area contributed by atoms with Crippen LogP contribution in [0.5, 0.6) is 0 Å². The van der Waals surface area contributed by atoms with E-state index in [4.69, 9.17) is 0 Å². The zero-order valence-electron chi connectivity index (χ0n) is 8.87. The van der Waals surface area contributed by atoms with Crippen LogP contribution in [-0.2, 0) is 4.79 Å². The standard InChI is InChI=1S/C9H18IN3O/c1-3-13(10)9(14)8-12-6-4-11(2)5-7-12/h3-8H2,1-2H3. The van der Waals surface area contributed by atoms with E-state index in [2.05, 4.69) is 39.7 Å². The van der Waals surface area contributed by atoms with E-state index in [1.165, 1.54) is 0 Å². The van der Waals surface area contributed by atoms with Gasteiger partial charge >= 0.3 is 0 Å². The van der Waals surface area contributed by atoms with Crippen molar-refractivity contribution in [2.75, 3.05) is 46.3 Å². The Morgan fingerprint density at radius 1 is 1.36 bits per heavy atom. The molecule has 0 spiro atoms. The van der Waals surface area contributed by atoms with Crippen LogP contribution in [0.15, 0.2) is 0 Å². The summed E-state index contributed by atoms with van der Waals surface area (Å²) >= 11 is 2.08. The first-order valence-electron chi connectivity index (χ1n) is 5.00. The molecule has 0 aromatic heterocycles. The molecule has 82 valence electrons. The van der Waals surface area contributed by atoms with Gasteiger partial charge in [0.1, 0.15) is 0 Å². The number of hydrogen-bond donors (Lipinski definition) is 0. The summed E-state index contributed by atoms with van der Waals surface area (Å²) in [6, 6.07) is 0. The summed E-state index contributed by atoms with van der Waals surface area (Å²) in [4.78, 5) is 16.1. The van der Waals surface area contributed by atoms with Gasteiger partial charge < -0.3 is 4.90 Å². The SMILES string of the molecule is CCN(I)C(=O)CN1CCN(C)CC1. The van der Waals surface area contributed by atoms with Crippen LogP contribution >= 0.6 is 22.9 Å². The maximum atomic E-state index is 11.6. The molecule has 0 atom stereocenters. The van der Waals surface area contributed by atoms with Gasteiger partial charge in [-0.2, -0.15) is 0 Å². The Morgan fingerprint density at radius 2 is 1.93 bits per heavy atom. The molecule has 0 unspecified atom stereocenters. The molecular weight excluding hydrogens is 293 g/mol. The largest absolute Gasteiger partial charge is 0.304 e. The Bertz CT molecular complexity index is 192. The smallest absolute Gasteiger partial charge is 0.245 e. The third kappa shape index (κ3) is 3.70. The second-order valence-corrected chi connectivity index (χ2v) is 4.82. The lowest BCUT2D eigenvalue weighted by molar-refractivity contribution is -0.126. The van der Waals surface area contributed by atoms with Gasteiger partial charge in [0.25, 0.3) is 0 Å². The summed E-state index contributed by atoms with van der Waals surface area (Å²) < 4.78 is 1.75. The Kier molecular flexibility index (Phi) is 5.11. The second-order valence-electron chi connectivity index (χ2n) is 3.65. The van der Waals surface area contributed by atoms with Gasteiger partial charge in [-0.05, 0) is 14.0 Å². The van der Waals surface area contributed by atoms with Crippen LogP contribution in [0.2, 0.25) is 0 Å². The van der Waals surface area contributed by atoms with Crippen LogP contribution in [0.25, 0.3) is 0 Å². The van der Waals surface area contributed by atoms with Crippen molar-refractivity contribution in [2.24, 2.45) is 0 Å². The highest BCUT2D eigenvalue weighted by Crippen LogP contribution is 2.03. The average molecular weight is 311 g/mol. The first-order valence-corrected chi connectivity index (χ1v) is 5.97. The summed E-state index contributed by atoms with van der Waals surface area (Å²) in [7, 11) is 2.12. The third-order valence-electron chi connectivity index (χ3n) is 2.50. The number of carbonyl (C=O) groups excluding carboxylic acids is 1. The quantitative estimate of drug-likeness (QED) is 0.559. The average Bonchev–Trinajstić information content (AvgIpc) is 2.20. The molecule has 1 heterocycles. The normalized spacial score (nSPS) is 19.6. The van der Waals surface area contributed by atoms with Gasteiger partial charge in [0, 0.05) is 32.7 Å². The van der Waals surface area contributed by atoms with E-state index in [9.17, 15) is 4.79 Å². The predicted molar refractivity (Wildman–Crippen MR) is 65.3 cm³/mol. The lowest BCUT2D eigenvalue weighted by Gasteiger charge is -2.32. The van der Waals surface area contributed by atoms with Crippen molar-refractivity contribution >= 4 is 28.8 Å². The molecule has 0 N–H and O–H groups in total. The summed E-state index contributed by atoms with van der Waals surface area (Å²) in [5, 5.41) is 0. The van der Waals surface area contributed by atoms with Gasteiger partial charge in [-0.25, -0.2) is 0 Å². The van der Waals surface area contributed by atoms with Crippen molar-refractivity contribution < 1.29 is 4.79 Å². The topological polar surface area (TPSA) is 26.8 Å². The molecule has 14 heavy (non-hydrogen) atoms. The molecule has 1 aliphatic rings. The molecule has 0 aromatic rings. The van der Waals surface area contributed by atoms with E-state index < -0.39 is 0 Å². The van der Waals surface area contributed by atoms with Gasteiger partial charge in [-0.1, -0.05) is 0 Å². The van der Waals surface area contributed by atoms with Crippen LogP contribution < -0.4 is 0 Å². The molecule has 0 aliphatic carbocycles. The Morgan fingerprint density at radius 3 is 2.43 bits per heavy atom. The lowest BCUT2D eigenvalue weighted by Crippen LogP contribution is -2.47. The molecule has 1 fully saturated rings. The minimum Gasteiger partial charge on any atom is -0.304 e. The molecule has 0 radical (unpaired) electrons. The van der Waals surface area contributed by atoms with E-state index in [1.807, 2.05) is 6.92 Å². The number of carbonyl (C=O) groups is 1. The summed E-state index contributed by atoms with van der Waals surface area (Å²) in [6.07, 6.45) is 0. The number of piperazine rings is 1. The van der Waals surface area contributed by atoms with Gasteiger partial charge in [0.2, 0.25) is 5.91 Å². The second kappa shape index (κ2) is 5.87. The van der Waals surface area contributed by atoms with E-state index in [0.29, 0.717) is 6.54 Å². The minimum atomic E-state index is 0.220. The molecular formula is C9H18IN3O. The Balaban J connectivity index is 2.27. The maximum absolute atomic E-state index is 11.6. The lowest BCUT2D eigenvalue weighted by atomic mass is 10.3. The molecule has 0 aromatic carbocycles. The van der Waals surface area contributed by atoms with Gasteiger partial charge in [0.05, 0.1) is 29.4 Å². The molecule has 1 saturated heterocycles. The van der Waals surface area contributed by atoms with Crippen LogP contribution in [0, 0.1) is 0 Å². The zero-order valence-corrected chi connectivity index (χ0v) is 11.0. The van der Waals surface area contributed by atoms with Crippen LogP contribution in [-0.4, -0.2) is 65.1 Å². The van der Waals surface area contributed by atoms with E-state index >= 15 is 0 Å². The van der Waals surface area contributed by atoms with E-state index in [-0.39, 0.29) is 5.91 Å². The van der Waals surface area contributed by atoms with Crippen molar-refractivity contribution in [2.45, 2.75) is 6.92 Å².